The van der Waals surface area contributed by atoms with Crippen LogP contribution in [0.5, 0.6) is 11.5 Å². The normalized spacial score (nSPS) is 18.2. The van der Waals surface area contributed by atoms with E-state index in [2.05, 4.69) is 26.3 Å². The average molecular weight is 925 g/mol. The minimum absolute atomic E-state index is 0.00363. The van der Waals surface area contributed by atoms with Gasteiger partial charge in [0.2, 0.25) is 35.4 Å². The molecule has 7 unspecified atom stereocenters. The van der Waals surface area contributed by atoms with Crippen LogP contribution in [-0.2, 0) is 52.8 Å². The number of aliphatic hydroxyl groups is 1. The zero-order chi connectivity index (χ0) is 48.4. The van der Waals surface area contributed by atoms with Crippen molar-refractivity contribution in [1.82, 2.24) is 36.1 Å². The summed E-state index contributed by atoms with van der Waals surface area (Å²) in [5.41, 5.74) is 8.29. The van der Waals surface area contributed by atoms with E-state index in [0.29, 0.717) is 29.5 Å². The van der Waals surface area contributed by atoms with Crippen molar-refractivity contribution in [3.05, 3.63) is 95.7 Å². The van der Waals surface area contributed by atoms with Crippen LogP contribution >= 0.6 is 0 Å². The third-order valence-corrected chi connectivity index (χ3v) is 12.2. The molecule has 6 rings (SSSR count). The summed E-state index contributed by atoms with van der Waals surface area (Å²) in [4.78, 5) is 103. The predicted molar refractivity (Wildman–Crippen MR) is 245 cm³/mol. The molecule has 19 nitrogen and oxygen atoms in total. The van der Waals surface area contributed by atoms with Crippen LogP contribution in [-0.4, -0.2) is 139 Å². The van der Waals surface area contributed by atoms with Crippen LogP contribution in [0.3, 0.4) is 0 Å². The SMILES string of the molecule is CC(C)CC(NC(=O)C(N)CO)C(=O)N1CCCC1C(=O)NC(Cc1ccc(O)cc1)C(=O)NC(Cc1c[nH]c2ccccc12)C(=O)N1CCCC1C(=O)NC(Cc1ccc(O)cc1)C(=O)O. The molecule has 2 aliphatic heterocycles. The Kier molecular flexibility index (Phi) is 16.6. The maximum atomic E-state index is 14.8. The molecule has 2 fully saturated rings. The fraction of sp³-hybridized carbons (Fsp3) is 0.438. The minimum atomic E-state index is -1.35. The highest BCUT2D eigenvalue weighted by Gasteiger charge is 2.42. The van der Waals surface area contributed by atoms with Gasteiger partial charge in [0.25, 0.3) is 0 Å². The van der Waals surface area contributed by atoms with Crippen molar-refractivity contribution in [2.45, 2.75) is 108 Å². The molecule has 0 radical (unpaired) electrons. The van der Waals surface area contributed by atoms with Gasteiger partial charge in [0.1, 0.15) is 53.8 Å². The maximum absolute atomic E-state index is 14.8. The summed E-state index contributed by atoms with van der Waals surface area (Å²) < 4.78 is 0. The number of fused-ring (bicyclic) bond motifs is 1. The molecular formula is C48H60N8O11. The number of rotatable bonds is 20. The number of nitrogens with zero attached hydrogens (tertiary/aromatic N) is 2. The Labute approximate surface area is 387 Å². The highest BCUT2D eigenvalue weighted by Crippen LogP contribution is 2.25. The third kappa shape index (κ3) is 12.7. The van der Waals surface area contributed by atoms with E-state index >= 15 is 0 Å². The van der Waals surface area contributed by atoms with E-state index in [1.807, 2.05) is 38.1 Å². The number of aliphatic hydroxyl groups excluding tert-OH is 1. The first-order valence-corrected chi connectivity index (χ1v) is 22.5. The number of nitrogens with one attached hydrogen (secondary N) is 5. The Morgan fingerprint density at radius 3 is 1.72 bits per heavy atom. The van der Waals surface area contributed by atoms with Gasteiger partial charge in [-0.25, -0.2) is 4.79 Å². The first-order valence-electron chi connectivity index (χ1n) is 22.5. The average Bonchev–Trinajstić information content (AvgIpc) is 4.10. The van der Waals surface area contributed by atoms with Crippen molar-refractivity contribution in [3.63, 3.8) is 0 Å². The zero-order valence-corrected chi connectivity index (χ0v) is 37.5. The lowest BCUT2D eigenvalue weighted by molar-refractivity contribution is -0.145. The second kappa shape index (κ2) is 22.5. The standard InChI is InChI=1S/C48H60N8O11/c1-27(2)21-37(52-42(60)34(49)26-57)46(64)55-19-5-9-40(55)44(62)51-36(22-28-11-15-31(58)16-12-28)43(61)53-38(24-30-25-50-35-8-4-3-7-33(30)35)47(65)56-20-6-10-41(56)45(63)54-39(48(66)67)23-29-13-17-32(59)18-14-29/h3-4,7-8,11-18,25,27,34,36-41,50,57-59H,5-6,9-10,19-24,26,49H2,1-2H3,(H,51,62)(H,52,60)(H,53,61)(H,54,63)(H,66,67). The van der Waals surface area contributed by atoms with E-state index in [4.69, 9.17) is 5.73 Å². The Hall–Kier alpha value is -6.99. The Morgan fingerprint density at radius 1 is 0.672 bits per heavy atom. The lowest BCUT2D eigenvalue weighted by atomic mass is 10.0. The Balaban J connectivity index is 1.26. The fourth-order valence-corrected chi connectivity index (χ4v) is 8.73. The summed E-state index contributed by atoms with van der Waals surface area (Å²) in [6.45, 7) is 3.43. The molecule has 3 heterocycles. The minimum Gasteiger partial charge on any atom is -0.508 e. The van der Waals surface area contributed by atoms with Crippen molar-refractivity contribution >= 4 is 52.3 Å². The van der Waals surface area contributed by atoms with Gasteiger partial charge in [0.15, 0.2) is 0 Å². The molecule has 2 aliphatic rings. The van der Waals surface area contributed by atoms with Gasteiger partial charge in [-0.2, -0.15) is 0 Å². The topological polar surface area (TPSA) is 297 Å². The lowest BCUT2D eigenvalue weighted by Crippen LogP contribution is -2.60. The molecule has 19 heteroatoms. The van der Waals surface area contributed by atoms with Gasteiger partial charge in [-0.05, 0) is 85.0 Å². The zero-order valence-electron chi connectivity index (χ0n) is 37.5. The predicted octanol–water partition coefficient (Wildman–Crippen LogP) is 0.979. The van der Waals surface area contributed by atoms with Crippen LogP contribution in [0.4, 0.5) is 0 Å². The van der Waals surface area contributed by atoms with Gasteiger partial charge in [-0.3, -0.25) is 28.8 Å². The molecule has 1 aromatic heterocycles. The first kappa shape index (κ1) is 49.4. The second-order valence-corrected chi connectivity index (χ2v) is 17.7. The van der Waals surface area contributed by atoms with Crippen LogP contribution in [0.15, 0.2) is 79.0 Å². The number of phenols is 2. The van der Waals surface area contributed by atoms with Crippen LogP contribution in [0.1, 0.15) is 62.6 Å². The summed E-state index contributed by atoms with van der Waals surface area (Å²) in [5, 5.41) is 50.9. The Bertz CT molecular complexity index is 2410. The molecule has 0 bridgehead atoms. The number of H-pyrrole nitrogens is 1. The lowest BCUT2D eigenvalue weighted by Gasteiger charge is -2.32. The van der Waals surface area contributed by atoms with Crippen LogP contribution in [0, 0.1) is 5.92 Å². The smallest absolute Gasteiger partial charge is 0.326 e. The number of likely N-dealkylation sites (tertiary alicyclic amines) is 2. The van der Waals surface area contributed by atoms with Crippen LogP contribution < -0.4 is 27.0 Å². The van der Waals surface area contributed by atoms with Crippen molar-refractivity contribution in [1.29, 1.82) is 0 Å². The summed E-state index contributed by atoms with van der Waals surface area (Å²) in [6.07, 6.45) is 3.08. The van der Waals surface area contributed by atoms with Crippen LogP contribution in [0.25, 0.3) is 10.9 Å². The summed E-state index contributed by atoms with van der Waals surface area (Å²) in [7, 11) is 0. The summed E-state index contributed by atoms with van der Waals surface area (Å²) in [6, 6.07) is 10.9. The fourth-order valence-electron chi connectivity index (χ4n) is 8.73. The number of amides is 6. The Morgan fingerprint density at radius 2 is 1.18 bits per heavy atom. The van der Waals surface area contributed by atoms with E-state index in [-0.39, 0.29) is 69.0 Å². The molecule has 3 aromatic carbocycles. The number of nitrogens with two attached hydrogens (primary N) is 1. The van der Waals surface area contributed by atoms with E-state index in [1.54, 1.807) is 30.5 Å². The van der Waals surface area contributed by atoms with E-state index in [1.165, 1.54) is 34.1 Å². The molecule has 67 heavy (non-hydrogen) atoms. The molecule has 11 N–H and O–H groups in total. The quantitative estimate of drug-likeness (QED) is 0.0594. The number of carboxylic acids is 1. The van der Waals surface area contributed by atoms with Crippen molar-refractivity contribution in [3.8, 4) is 11.5 Å². The molecule has 7 atom stereocenters. The van der Waals surface area contributed by atoms with Gasteiger partial charge in [0.05, 0.1) is 6.61 Å². The number of phenolic OH excluding ortho intramolecular Hbond substituents is 2. The first-order chi connectivity index (χ1) is 32.0. The van der Waals surface area contributed by atoms with Gasteiger partial charge < -0.3 is 62.2 Å². The number of carbonyl (C=O) groups excluding carboxylic acids is 6. The number of hydrogen-bond donors (Lipinski definition) is 10. The number of para-hydroxylation sites is 1. The molecule has 0 saturated carbocycles. The molecule has 0 spiro atoms. The number of aliphatic carboxylic acids is 1. The number of aromatic amines is 1. The molecule has 2 saturated heterocycles. The molecular weight excluding hydrogens is 865 g/mol. The number of carboxylic acid groups (broad SMARTS) is 1. The van der Waals surface area contributed by atoms with Gasteiger partial charge in [-0.1, -0.05) is 56.3 Å². The monoisotopic (exact) mass is 924 g/mol. The number of carbonyl (C=O) groups is 7. The number of aromatic hydroxyl groups is 2. The van der Waals surface area contributed by atoms with Crippen molar-refractivity contribution < 1.29 is 54.0 Å². The molecule has 0 aliphatic carbocycles. The number of benzene rings is 3. The summed E-state index contributed by atoms with van der Waals surface area (Å²) in [5.74, 6) is -5.31. The number of aromatic nitrogens is 1. The van der Waals surface area contributed by atoms with E-state index in [9.17, 15) is 54.0 Å². The van der Waals surface area contributed by atoms with Gasteiger partial charge in [0, 0.05) is 49.5 Å². The maximum Gasteiger partial charge on any atom is 0.326 e. The number of hydrogen-bond acceptors (Lipinski definition) is 11. The van der Waals surface area contributed by atoms with E-state index < -0.39 is 90.3 Å². The highest BCUT2D eigenvalue weighted by atomic mass is 16.4. The molecule has 4 aromatic rings. The van der Waals surface area contributed by atoms with Gasteiger partial charge in [-0.15, -0.1) is 0 Å². The van der Waals surface area contributed by atoms with Crippen molar-refractivity contribution in [2.75, 3.05) is 19.7 Å². The summed E-state index contributed by atoms with van der Waals surface area (Å²) >= 11 is 0. The highest BCUT2D eigenvalue weighted by molar-refractivity contribution is 5.98. The third-order valence-electron chi connectivity index (χ3n) is 12.2. The van der Waals surface area contributed by atoms with E-state index in [0.717, 1.165) is 10.9 Å². The molecule has 358 valence electrons. The van der Waals surface area contributed by atoms with Crippen molar-refractivity contribution in [2.24, 2.45) is 11.7 Å². The van der Waals surface area contributed by atoms with Crippen LogP contribution in [0.2, 0.25) is 0 Å². The molecule has 6 amide bonds. The van der Waals surface area contributed by atoms with Gasteiger partial charge >= 0.3 is 5.97 Å². The largest absolute Gasteiger partial charge is 0.508 e. The second-order valence-electron chi connectivity index (χ2n) is 17.7.